The third-order valence-electron chi connectivity index (χ3n) is 4.37. The van der Waals surface area contributed by atoms with Gasteiger partial charge in [-0.2, -0.15) is 9.78 Å². The molecule has 1 heterocycles. The first-order valence-electron chi connectivity index (χ1n) is 9.16. The zero-order valence-electron chi connectivity index (χ0n) is 16.6. The molecule has 7 heteroatoms. The molecule has 3 aromatic rings. The van der Waals surface area contributed by atoms with E-state index in [0.29, 0.717) is 17.7 Å². The average molecular weight is 415 g/mol. The largest absolute Gasteiger partial charge is 0.487 e. The highest BCUT2D eigenvalue weighted by Gasteiger charge is 2.18. The molecule has 0 atom stereocenters. The number of benzene rings is 2. The molecule has 0 aliphatic carbocycles. The van der Waals surface area contributed by atoms with Crippen molar-refractivity contribution in [3.05, 3.63) is 70.9 Å². The summed E-state index contributed by atoms with van der Waals surface area (Å²) in [6.45, 7) is 3.53. The van der Waals surface area contributed by atoms with Gasteiger partial charge in [0.25, 0.3) is 0 Å². The van der Waals surface area contributed by atoms with Crippen molar-refractivity contribution < 1.29 is 14.2 Å². The maximum absolute atomic E-state index is 13.2. The third kappa shape index (κ3) is 5.25. The van der Waals surface area contributed by atoms with E-state index in [-0.39, 0.29) is 12.4 Å². The quantitative estimate of drug-likeness (QED) is 0.584. The van der Waals surface area contributed by atoms with Gasteiger partial charge < -0.3 is 9.84 Å². The molecule has 0 radical (unpaired) electrons. The number of nitrogens with zero attached hydrogens (tertiary/aromatic N) is 2. The molecule has 0 aliphatic rings. The van der Waals surface area contributed by atoms with Crippen LogP contribution in [0.15, 0.2) is 64.4 Å². The van der Waals surface area contributed by atoms with Gasteiger partial charge in [0.2, 0.25) is 0 Å². The topological polar surface area (TPSA) is 64.4 Å². The van der Waals surface area contributed by atoms with Crippen molar-refractivity contribution in [3.63, 3.8) is 0 Å². The summed E-state index contributed by atoms with van der Waals surface area (Å²) in [4.78, 5) is 14.2. The zero-order chi connectivity index (χ0) is 21.0. The lowest BCUT2D eigenvalue weighted by Gasteiger charge is -2.18. The second-order valence-corrected chi connectivity index (χ2v) is 8.10. The van der Waals surface area contributed by atoms with Gasteiger partial charge in [-0.3, -0.25) is 4.79 Å². The van der Waals surface area contributed by atoms with Crippen molar-refractivity contribution in [3.8, 4) is 22.6 Å². The van der Waals surface area contributed by atoms with E-state index >= 15 is 0 Å². The Balaban J connectivity index is 2.05. The molecule has 0 bridgehead atoms. The van der Waals surface area contributed by atoms with Gasteiger partial charge in [-0.15, -0.1) is 11.8 Å². The fraction of sp³-hybridized carbons (Fsp3) is 0.273. The average Bonchev–Trinajstić information content (AvgIpc) is 2.69. The monoisotopic (exact) mass is 414 g/mol. The van der Waals surface area contributed by atoms with E-state index < -0.39 is 17.0 Å². The lowest BCUT2D eigenvalue weighted by molar-refractivity contribution is 0.0551. The maximum Gasteiger partial charge on any atom is 0.314 e. The zero-order valence-corrected chi connectivity index (χ0v) is 17.4. The number of rotatable bonds is 7. The van der Waals surface area contributed by atoms with Gasteiger partial charge in [0.15, 0.2) is 5.75 Å². The fourth-order valence-electron chi connectivity index (χ4n) is 2.72. The number of aromatic nitrogens is 2. The standard InChI is InChI=1S/C22H23FN2O3S/c1-22(2,27)12-13-28-20-19(15-4-10-18(29-3)11-5-15)14-24-25(21(20)26)17-8-6-16(23)7-9-17/h4-11,14,27H,12-13H2,1-3H3. The summed E-state index contributed by atoms with van der Waals surface area (Å²) in [7, 11) is 0. The summed E-state index contributed by atoms with van der Waals surface area (Å²) >= 11 is 1.63. The van der Waals surface area contributed by atoms with Gasteiger partial charge in [-0.1, -0.05) is 12.1 Å². The molecular formula is C22H23FN2O3S. The van der Waals surface area contributed by atoms with Crippen LogP contribution in [0.3, 0.4) is 0 Å². The highest BCUT2D eigenvalue weighted by molar-refractivity contribution is 7.98. The SMILES string of the molecule is CSc1ccc(-c2cnn(-c3ccc(F)cc3)c(=O)c2OCCC(C)(C)O)cc1. The van der Waals surface area contributed by atoms with Crippen LogP contribution < -0.4 is 10.3 Å². The minimum Gasteiger partial charge on any atom is -0.487 e. The van der Waals surface area contributed by atoms with E-state index in [4.69, 9.17) is 4.74 Å². The third-order valence-corrected chi connectivity index (χ3v) is 5.11. The van der Waals surface area contributed by atoms with E-state index in [1.165, 1.54) is 28.9 Å². The number of halogens is 1. The molecule has 1 aromatic heterocycles. The number of ether oxygens (including phenoxy) is 1. The van der Waals surface area contributed by atoms with Crippen molar-refractivity contribution in [1.29, 1.82) is 0 Å². The Kier molecular flexibility index (Phi) is 6.39. The maximum atomic E-state index is 13.2. The Morgan fingerprint density at radius 1 is 1.14 bits per heavy atom. The predicted molar refractivity (Wildman–Crippen MR) is 113 cm³/mol. The van der Waals surface area contributed by atoms with Gasteiger partial charge in [-0.05, 0) is 62.1 Å². The van der Waals surface area contributed by atoms with Gasteiger partial charge in [0.05, 0.1) is 24.1 Å². The first kappa shape index (κ1) is 21.1. The molecule has 0 unspecified atom stereocenters. The van der Waals surface area contributed by atoms with Crippen molar-refractivity contribution in [1.82, 2.24) is 9.78 Å². The van der Waals surface area contributed by atoms with Gasteiger partial charge >= 0.3 is 5.56 Å². The highest BCUT2D eigenvalue weighted by atomic mass is 32.2. The van der Waals surface area contributed by atoms with Crippen molar-refractivity contribution >= 4 is 11.8 Å². The summed E-state index contributed by atoms with van der Waals surface area (Å²) in [5.41, 5.74) is 0.448. The Morgan fingerprint density at radius 3 is 2.38 bits per heavy atom. The Hall–Kier alpha value is -2.64. The molecule has 152 valence electrons. The second-order valence-electron chi connectivity index (χ2n) is 7.22. The van der Waals surface area contributed by atoms with Crippen molar-refractivity contribution in [2.24, 2.45) is 0 Å². The van der Waals surface area contributed by atoms with E-state index in [0.717, 1.165) is 10.5 Å². The predicted octanol–water partition coefficient (Wildman–Crippen LogP) is 4.30. The summed E-state index contributed by atoms with van der Waals surface area (Å²) in [5.74, 6) is -0.251. The van der Waals surface area contributed by atoms with E-state index in [9.17, 15) is 14.3 Å². The number of aliphatic hydroxyl groups is 1. The molecular weight excluding hydrogens is 391 g/mol. The molecule has 0 aliphatic heterocycles. The summed E-state index contributed by atoms with van der Waals surface area (Å²) < 4.78 is 20.3. The van der Waals surface area contributed by atoms with Crippen LogP contribution in [0.2, 0.25) is 0 Å². The Labute approximate surface area is 173 Å². The molecule has 0 saturated heterocycles. The number of thioether (sulfide) groups is 1. The van der Waals surface area contributed by atoms with Crippen LogP contribution in [0.25, 0.3) is 16.8 Å². The lowest BCUT2D eigenvalue weighted by atomic mass is 10.1. The van der Waals surface area contributed by atoms with Crippen LogP contribution in [-0.2, 0) is 0 Å². The Bertz CT molecular complexity index is 1030. The van der Waals surface area contributed by atoms with E-state index in [2.05, 4.69) is 5.10 Å². The summed E-state index contributed by atoms with van der Waals surface area (Å²) in [6, 6.07) is 13.3. The van der Waals surface area contributed by atoms with Crippen molar-refractivity contribution in [2.75, 3.05) is 12.9 Å². The molecule has 2 aromatic carbocycles. The van der Waals surface area contributed by atoms with E-state index in [1.807, 2.05) is 30.5 Å². The van der Waals surface area contributed by atoms with Crippen LogP contribution >= 0.6 is 11.8 Å². The molecule has 29 heavy (non-hydrogen) atoms. The molecule has 0 amide bonds. The van der Waals surface area contributed by atoms with Crippen LogP contribution in [-0.4, -0.2) is 33.4 Å². The van der Waals surface area contributed by atoms with Crippen LogP contribution in [0.5, 0.6) is 5.75 Å². The molecule has 0 fully saturated rings. The first-order valence-corrected chi connectivity index (χ1v) is 10.4. The van der Waals surface area contributed by atoms with Crippen LogP contribution in [0, 0.1) is 5.82 Å². The minimum atomic E-state index is -0.914. The van der Waals surface area contributed by atoms with Crippen LogP contribution in [0.1, 0.15) is 20.3 Å². The van der Waals surface area contributed by atoms with Gasteiger partial charge in [0.1, 0.15) is 5.82 Å². The molecule has 3 rings (SSSR count). The summed E-state index contributed by atoms with van der Waals surface area (Å²) in [5, 5.41) is 14.2. The smallest absolute Gasteiger partial charge is 0.314 e. The number of hydrogen-bond acceptors (Lipinski definition) is 5. The molecule has 5 nitrogen and oxygen atoms in total. The number of hydrogen-bond donors (Lipinski definition) is 1. The first-order chi connectivity index (χ1) is 13.8. The minimum absolute atomic E-state index is 0.144. The normalized spacial score (nSPS) is 11.5. The van der Waals surface area contributed by atoms with Gasteiger partial charge in [-0.25, -0.2) is 4.39 Å². The van der Waals surface area contributed by atoms with Crippen molar-refractivity contribution in [2.45, 2.75) is 30.8 Å². The Morgan fingerprint density at radius 2 is 1.79 bits per heavy atom. The highest BCUT2D eigenvalue weighted by Crippen LogP contribution is 2.29. The second kappa shape index (κ2) is 8.80. The van der Waals surface area contributed by atoms with Crippen LogP contribution in [0.4, 0.5) is 4.39 Å². The molecule has 1 N–H and O–H groups in total. The summed E-state index contributed by atoms with van der Waals surface area (Å²) in [6.07, 6.45) is 3.92. The van der Waals surface area contributed by atoms with Gasteiger partial charge in [0, 0.05) is 16.9 Å². The van der Waals surface area contributed by atoms with E-state index in [1.54, 1.807) is 31.8 Å². The fourth-order valence-corrected chi connectivity index (χ4v) is 3.13. The lowest BCUT2D eigenvalue weighted by Crippen LogP contribution is -2.26. The molecule has 0 spiro atoms. The molecule has 0 saturated carbocycles.